The molecule has 158 valence electrons. The van der Waals surface area contributed by atoms with Gasteiger partial charge in [-0.3, -0.25) is 9.67 Å². The summed E-state index contributed by atoms with van der Waals surface area (Å²) in [7, 11) is 7.95. The number of aliphatic imine (C=N–C) groups is 1. The summed E-state index contributed by atoms with van der Waals surface area (Å²) in [6.07, 6.45) is 6.33. The van der Waals surface area contributed by atoms with E-state index in [1.54, 1.807) is 0 Å². The first kappa shape index (κ1) is 26.1. The van der Waals surface area contributed by atoms with Crippen molar-refractivity contribution in [3.63, 3.8) is 0 Å². The van der Waals surface area contributed by atoms with E-state index in [4.69, 9.17) is 0 Å². The maximum Gasteiger partial charge on any atom is 0.191 e. The molecule has 2 N–H and O–H groups in total. The monoisotopic (exact) mass is 493 g/mol. The summed E-state index contributed by atoms with van der Waals surface area (Å²) in [5.74, 6) is 0.857. The summed E-state index contributed by atoms with van der Waals surface area (Å²) in [5, 5.41) is 11.3. The molecule has 0 amide bonds. The fourth-order valence-corrected chi connectivity index (χ4v) is 3.07. The molecule has 0 fully saturated rings. The molecular formula is C19H40IN7. The van der Waals surface area contributed by atoms with Crippen molar-refractivity contribution >= 4 is 29.9 Å². The minimum atomic E-state index is 0. The van der Waals surface area contributed by atoms with Gasteiger partial charge in [-0.1, -0.05) is 13.8 Å². The second kappa shape index (κ2) is 14.2. The SMILES string of the molecule is CCN(CC)CCCC(C)NC(=NC)NCC(c1cnn(C)c1)N(C)C.I. The van der Waals surface area contributed by atoms with Gasteiger partial charge in [0.2, 0.25) is 0 Å². The van der Waals surface area contributed by atoms with Gasteiger partial charge in [0.25, 0.3) is 0 Å². The highest BCUT2D eigenvalue weighted by molar-refractivity contribution is 14.0. The Hall–Kier alpha value is -0.870. The van der Waals surface area contributed by atoms with E-state index in [1.807, 2.05) is 25.0 Å². The van der Waals surface area contributed by atoms with Crippen LogP contribution in [0.4, 0.5) is 0 Å². The number of halogens is 1. The molecule has 27 heavy (non-hydrogen) atoms. The van der Waals surface area contributed by atoms with Crippen molar-refractivity contribution in [2.45, 2.75) is 45.7 Å². The molecule has 0 bridgehead atoms. The number of hydrogen-bond acceptors (Lipinski definition) is 4. The van der Waals surface area contributed by atoms with Gasteiger partial charge in [-0.2, -0.15) is 5.10 Å². The number of likely N-dealkylation sites (N-methyl/N-ethyl adjacent to an activating group) is 1. The Morgan fingerprint density at radius 2 is 1.96 bits per heavy atom. The molecular weight excluding hydrogens is 453 g/mol. The first-order valence-corrected chi connectivity index (χ1v) is 9.75. The molecule has 0 saturated carbocycles. The third kappa shape index (κ3) is 9.75. The molecule has 1 heterocycles. The second-order valence-corrected chi connectivity index (χ2v) is 7.09. The fraction of sp³-hybridized carbons (Fsp3) is 0.789. The summed E-state index contributed by atoms with van der Waals surface area (Å²) in [6.45, 7) is 10.9. The molecule has 1 rings (SSSR count). The Morgan fingerprint density at radius 1 is 1.30 bits per heavy atom. The lowest BCUT2D eigenvalue weighted by Crippen LogP contribution is -2.45. The third-order valence-corrected chi connectivity index (χ3v) is 4.81. The van der Waals surface area contributed by atoms with Crippen LogP contribution in [0.1, 0.15) is 45.2 Å². The number of nitrogens with zero attached hydrogens (tertiary/aromatic N) is 5. The maximum atomic E-state index is 4.38. The molecule has 0 aliphatic carbocycles. The van der Waals surface area contributed by atoms with Gasteiger partial charge in [0.15, 0.2) is 5.96 Å². The largest absolute Gasteiger partial charge is 0.354 e. The van der Waals surface area contributed by atoms with E-state index in [-0.39, 0.29) is 30.0 Å². The predicted molar refractivity (Wildman–Crippen MR) is 126 cm³/mol. The van der Waals surface area contributed by atoms with Gasteiger partial charge in [0.05, 0.1) is 12.2 Å². The van der Waals surface area contributed by atoms with Crippen molar-refractivity contribution in [2.24, 2.45) is 12.0 Å². The van der Waals surface area contributed by atoms with Gasteiger partial charge >= 0.3 is 0 Å². The van der Waals surface area contributed by atoms with Gasteiger partial charge in [-0.25, -0.2) is 0 Å². The highest BCUT2D eigenvalue weighted by Gasteiger charge is 2.16. The van der Waals surface area contributed by atoms with Gasteiger partial charge < -0.3 is 20.4 Å². The number of hydrogen-bond donors (Lipinski definition) is 2. The molecule has 0 saturated heterocycles. The van der Waals surface area contributed by atoms with Gasteiger partial charge in [0, 0.05) is 38.4 Å². The Labute approximate surface area is 183 Å². The van der Waals surface area contributed by atoms with Crippen LogP contribution in [0.25, 0.3) is 0 Å². The van der Waals surface area contributed by atoms with E-state index in [0.29, 0.717) is 6.04 Å². The number of rotatable bonds is 11. The van der Waals surface area contributed by atoms with E-state index >= 15 is 0 Å². The molecule has 0 aliphatic rings. The molecule has 0 aromatic carbocycles. The average Bonchev–Trinajstić information content (AvgIpc) is 3.03. The van der Waals surface area contributed by atoms with Crippen LogP contribution in [-0.2, 0) is 7.05 Å². The lowest BCUT2D eigenvalue weighted by atomic mass is 10.1. The number of guanidine groups is 1. The Morgan fingerprint density at radius 3 is 2.44 bits per heavy atom. The number of aryl methyl sites for hydroxylation is 1. The van der Waals surface area contributed by atoms with E-state index in [0.717, 1.165) is 38.6 Å². The summed E-state index contributed by atoms with van der Waals surface area (Å²) in [5.41, 5.74) is 1.20. The Bertz CT molecular complexity index is 526. The van der Waals surface area contributed by atoms with Crippen LogP contribution in [0.3, 0.4) is 0 Å². The minimum absolute atomic E-state index is 0. The fourth-order valence-electron chi connectivity index (χ4n) is 3.07. The zero-order valence-corrected chi connectivity index (χ0v) is 20.5. The maximum absolute atomic E-state index is 4.38. The molecule has 2 unspecified atom stereocenters. The third-order valence-electron chi connectivity index (χ3n) is 4.81. The van der Waals surface area contributed by atoms with Crippen LogP contribution < -0.4 is 10.6 Å². The molecule has 1 aromatic heterocycles. The first-order chi connectivity index (χ1) is 12.4. The molecule has 0 aliphatic heterocycles. The summed E-state index contributed by atoms with van der Waals surface area (Å²) >= 11 is 0. The van der Waals surface area contributed by atoms with E-state index in [1.165, 1.54) is 12.0 Å². The molecule has 0 radical (unpaired) electrons. The van der Waals surface area contributed by atoms with Crippen molar-refractivity contribution in [1.29, 1.82) is 0 Å². The Balaban J connectivity index is 0.00000676. The first-order valence-electron chi connectivity index (χ1n) is 9.75. The number of aromatic nitrogens is 2. The standard InChI is InChI=1S/C19H39N7.HI/c1-8-26(9-2)12-10-11-16(3)23-19(20-4)21-14-18(24(5)6)17-13-22-25(7)15-17;/h13,15-16,18H,8-12,14H2,1-7H3,(H2,20,21,23);1H. The predicted octanol–water partition coefficient (Wildman–Crippen LogP) is 2.32. The highest BCUT2D eigenvalue weighted by Crippen LogP contribution is 2.16. The van der Waals surface area contributed by atoms with Gasteiger partial charge in [0.1, 0.15) is 0 Å². The molecule has 0 spiro atoms. The van der Waals surface area contributed by atoms with Crippen LogP contribution in [0.2, 0.25) is 0 Å². The van der Waals surface area contributed by atoms with E-state index < -0.39 is 0 Å². The van der Waals surface area contributed by atoms with Crippen LogP contribution in [0, 0.1) is 0 Å². The molecule has 8 heteroatoms. The quantitative estimate of drug-likeness (QED) is 0.282. The van der Waals surface area contributed by atoms with Crippen molar-refractivity contribution in [3.8, 4) is 0 Å². The molecule has 7 nitrogen and oxygen atoms in total. The van der Waals surface area contributed by atoms with E-state index in [9.17, 15) is 0 Å². The summed E-state index contributed by atoms with van der Waals surface area (Å²) in [6, 6.07) is 0.646. The average molecular weight is 493 g/mol. The van der Waals surface area contributed by atoms with Crippen LogP contribution >= 0.6 is 24.0 Å². The lowest BCUT2D eigenvalue weighted by molar-refractivity contribution is 0.291. The Kier molecular flexibility index (Phi) is 13.7. The van der Waals surface area contributed by atoms with Crippen molar-refractivity contribution in [1.82, 2.24) is 30.2 Å². The topological polar surface area (TPSA) is 60.7 Å². The lowest BCUT2D eigenvalue weighted by Gasteiger charge is -2.26. The zero-order chi connectivity index (χ0) is 19.5. The normalized spacial score (nSPS) is 14.2. The number of nitrogens with one attached hydrogen (secondary N) is 2. The molecule has 2 atom stereocenters. The van der Waals surface area contributed by atoms with Crippen LogP contribution in [-0.4, -0.2) is 78.9 Å². The minimum Gasteiger partial charge on any atom is -0.354 e. The van der Waals surface area contributed by atoms with Crippen molar-refractivity contribution in [2.75, 3.05) is 47.3 Å². The zero-order valence-electron chi connectivity index (χ0n) is 18.2. The molecule has 1 aromatic rings. The smallest absolute Gasteiger partial charge is 0.191 e. The summed E-state index contributed by atoms with van der Waals surface area (Å²) in [4.78, 5) is 9.05. The second-order valence-electron chi connectivity index (χ2n) is 7.09. The van der Waals surface area contributed by atoms with E-state index in [2.05, 4.69) is 71.6 Å². The van der Waals surface area contributed by atoms with Crippen molar-refractivity contribution < 1.29 is 0 Å². The van der Waals surface area contributed by atoms with Gasteiger partial charge in [-0.15, -0.1) is 24.0 Å². The summed E-state index contributed by atoms with van der Waals surface area (Å²) < 4.78 is 1.84. The van der Waals surface area contributed by atoms with Gasteiger partial charge in [-0.05, 0) is 53.5 Å². The van der Waals surface area contributed by atoms with Crippen LogP contribution in [0.15, 0.2) is 17.4 Å². The highest BCUT2D eigenvalue weighted by atomic mass is 127. The van der Waals surface area contributed by atoms with Crippen molar-refractivity contribution in [3.05, 3.63) is 18.0 Å². The van der Waals surface area contributed by atoms with Crippen LogP contribution in [0.5, 0.6) is 0 Å².